The Kier molecular flexibility index (Phi) is 5.02. The molecule has 1 aliphatic rings. The Morgan fingerprint density at radius 2 is 1.72 bits per heavy atom. The van der Waals surface area contributed by atoms with E-state index in [1.165, 1.54) is 12.7 Å². The zero-order valence-corrected chi connectivity index (χ0v) is 18.1. The molecular formula is C27H24N2O3. The summed E-state index contributed by atoms with van der Waals surface area (Å²) in [6, 6.07) is 23.6. The predicted octanol–water partition coefficient (Wildman–Crippen LogP) is 6.22. The summed E-state index contributed by atoms with van der Waals surface area (Å²) < 4.78 is 11.1. The number of rotatable bonds is 6. The van der Waals surface area contributed by atoms with Crippen LogP contribution in [0.25, 0.3) is 10.8 Å². The lowest BCUT2D eigenvalue weighted by Crippen LogP contribution is -2.20. The van der Waals surface area contributed by atoms with Gasteiger partial charge in [-0.1, -0.05) is 42.0 Å². The van der Waals surface area contributed by atoms with Crippen molar-refractivity contribution in [3.8, 4) is 11.5 Å². The molecule has 1 aromatic heterocycles. The number of nitrogens with zero attached hydrogens (tertiary/aromatic N) is 1. The molecule has 0 atom stereocenters. The van der Waals surface area contributed by atoms with Crippen LogP contribution in [0.1, 0.15) is 34.3 Å². The molecule has 0 saturated heterocycles. The van der Waals surface area contributed by atoms with Gasteiger partial charge < -0.3 is 14.8 Å². The average Bonchev–Trinajstić information content (AvgIpc) is 3.61. The van der Waals surface area contributed by atoms with Crippen LogP contribution in [0.5, 0.6) is 11.5 Å². The Hall–Kier alpha value is -3.86. The molecule has 1 heterocycles. The fourth-order valence-corrected chi connectivity index (χ4v) is 3.99. The van der Waals surface area contributed by atoms with Gasteiger partial charge in [-0.25, -0.2) is 9.78 Å². The van der Waals surface area contributed by atoms with Crippen molar-refractivity contribution < 1.29 is 14.3 Å². The van der Waals surface area contributed by atoms with E-state index in [0.717, 1.165) is 46.5 Å². The smallest absolute Gasteiger partial charge is 0.337 e. The molecule has 0 radical (unpaired) electrons. The average molecular weight is 425 g/mol. The number of anilines is 1. The monoisotopic (exact) mass is 424 g/mol. The second kappa shape index (κ2) is 8.00. The minimum absolute atomic E-state index is 0.201. The zero-order chi connectivity index (χ0) is 22.1. The first-order valence-electron chi connectivity index (χ1n) is 10.7. The number of benzene rings is 3. The third kappa shape index (κ3) is 3.78. The number of ether oxygens (including phenoxy) is 2. The summed E-state index contributed by atoms with van der Waals surface area (Å²) in [5.74, 6) is 2.01. The third-order valence-electron chi connectivity index (χ3n) is 5.97. The molecule has 5 heteroatoms. The minimum Gasteiger partial charge on any atom is -0.465 e. The minimum atomic E-state index is -0.331. The van der Waals surface area contributed by atoms with E-state index in [-0.39, 0.29) is 11.5 Å². The molecule has 32 heavy (non-hydrogen) atoms. The van der Waals surface area contributed by atoms with Crippen LogP contribution >= 0.6 is 0 Å². The van der Waals surface area contributed by atoms with Gasteiger partial charge in [0.05, 0.1) is 23.6 Å². The summed E-state index contributed by atoms with van der Waals surface area (Å²) in [4.78, 5) is 16.4. The normalized spacial score (nSPS) is 14.1. The quantitative estimate of drug-likeness (QED) is 0.372. The first-order chi connectivity index (χ1) is 15.6. The number of methoxy groups -OCH3 is 1. The Labute approximate surface area is 187 Å². The third-order valence-corrected chi connectivity index (χ3v) is 5.97. The summed E-state index contributed by atoms with van der Waals surface area (Å²) in [7, 11) is 1.39. The number of carbonyl (C=O) groups is 1. The molecule has 0 spiro atoms. The number of nitrogens with one attached hydrogen (secondary N) is 1. The number of hydrogen-bond acceptors (Lipinski definition) is 5. The maximum atomic E-state index is 11.8. The lowest BCUT2D eigenvalue weighted by Gasteiger charge is -2.21. The van der Waals surface area contributed by atoms with E-state index >= 15 is 0 Å². The molecule has 3 aromatic carbocycles. The van der Waals surface area contributed by atoms with Gasteiger partial charge in [0.15, 0.2) is 0 Å². The summed E-state index contributed by atoms with van der Waals surface area (Å²) in [6.45, 7) is 2.06. The number of hydrogen-bond donors (Lipinski definition) is 1. The molecule has 1 saturated carbocycles. The highest BCUT2D eigenvalue weighted by atomic mass is 16.5. The summed E-state index contributed by atoms with van der Waals surface area (Å²) in [6.07, 6.45) is 3.80. The molecular weight excluding hydrogens is 400 g/mol. The van der Waals surface area contributed by atoms with Crippen molar-refractivity contribution in [1.29, 1.82) is 0 Å². The second-order valence-electron chi connectivity index (χ2n) is 8.20. The van der Waals surface area contributed by atoms with Crippen LogP contribution in [0.15, 0.2) is 79.0 Å². The predicted molar refractivity (Wildman–Crippen MR) is 125 cm³/mol. The van der Waals surface area contributed by atoms with Crippen LogP contribution in [0.3, 0.4) is 0 Å². The fourth-order valence-electron chi connectivity index (χ4n) is 3.99. The fraction of sp³-hybridized carbons (Fsp3) is 0.185. The van der Waals surface area contributed by atoms with Crippen LogP contribution < -0.4 is 10.1 Å². The van der Waals surface area contributed by atoms with Crippen molar-refractivity contribution in [3.63, 3.8) is 0 Å². The Bertz CT molecular complexity index is 1270. The van der Waals surface area contributed by atoms with Crippen molar-refractivity contribution in [2.75, 3.05) is 12.4 Å². The summed E-state index contributed by atoms with van der Waals surface area (Å²) in [5.41, 5.74) is 2.66. The van der Waals surface area contributed by atoms with Crippen LogP contribution in [-0.4, -0.2) is 18.1 Å². The molecule has 0 aliphatic heterocycles. The van der Waals surface area contributed by atoms with Crippen molar-refractivity contribution in [2.45, 2.75) is 25.3 Å². The van der Waals surface area contributed by atoms with E-state index in [0.29, 0.717) is 5.56 Å². The van der Waals surface area contributed by atoms with Crippen LogP contribution in [0, 0.1) is 6.92 Å². The van der Waals surface area contributed by atoms with Gasteiger partial charge in [-0.05, 0) is 67.1 Å². The van der Waals surface area contributed by atoms with Crippen molar-refractivity contribution in [3.05, 3.63) is 95.7 Å². The molecule has 1 N–H and O–H groups in total. The number of aryl methyl sites for hydroxylation is 1. The molecule has 1 fully saturated rings. The lowest BCUT2D eigenvalue weighted by atomic mass is 10.0. The van der Waals surface area contributed by atoms with E-state index in [4.69, 9.17) is 9.47 Å². The molecule has 5 rings (SSSR count). The first kappa shape index (κ1) is 20.1. The van der Waals surface area contributed by atoms with Gasteiger partial charge in [0.25, 0.3) is 0 Å². The molecule has 4 aromatic rings. The van der Waals surface area contributed by atoms with Gasteiger partial charge in [-0.15, -0.1) is 0 Å². The van der Waals surface area contributed by atoms with E-state index in [1.807, 2.05) is 72.9 Å². The zero-order valence-electron chi connectivity index (χ0n) is 18.1. The van der Waals surface area contributed by atoms with Crippen LogP contribution in [0.4, 0.5) is 5.82 Å². The summed E-state index contributed by atoms with van der Waals surface area (Å²) >= 11 is 0. The standard InChI is InChI=1S/C27H24N2O3/c1-18-6-12-22(13-7-18)32-23-5-3-4-19-14-17-28-25(24(19)23)29-27(15-16-27)21-10-8-20(9-11-21)26(30)31-2/h3-14,17H,15-16H2,1-2H3,(H,28,29). The SMILES string of the molecule is COC(=O)c1ccc(C2(Nc3nccc4cccc(Oc5ccc(C)cc5)c34)CC2)cc1. The van der Waals surface area contributed by atoms with Crippen LogP contribution in [0.2, 0.25) is 0 Å². The number of carbonyl (C=O) groups excluding carboxylic acids is 1. The summed E-state index contributed by atoms with van der Waals surface area (Å²) in [5, 5.41) is 5.69. The van der Waals surface area contributed by atoms with Gasteiger partial charge in [0.2, 0.25) is 0 Å². The molecule has 0 unspecified atom stereocenters. The number of fused-ring (bicyclic) bond motifs is 1. The highest BCUT2D eigenvalue weighted by Gasteiger charge is 2.45. The number of esters is 1. The van der Waals surface area contributed by atoms with Gasteiger partial charge in [-0.3, -0.25) is 0 Å². The van der Waals surface area contributed by atoms with E-state index in [2.05, 4.69) is 23.3 Å². The van der Waals surface area contributed by atoms with Crippen LogP contribution in [-0.2, 0) is 10.3 Å². The van der Waals surface area contributed by atoms with Gasteiger partial charge in [0, 0.05) is 6.20 Å². The van der Waals surface area contributed by atoms with Crippen molar-refractivity contribution in [2.24, 2.45) is 0 Å². The Morgan fingerprint density at radius 3 is 2.41 bits per heavy atom. The second-order valence-corrected chi connectivity index (χ2v) is 8.20. The molecule has 0 bridgehead atoms. The maximum absolute atomic E-state index is 11.8. The Balaban J connectivity index is 1.49. The molecule has 0 amide bonds. The topological polar surface area (TPSA) is 60.5 Å². The van der Waals surface area contributed by atoms with E-state index in [9.17, 15) is 4.79 Å². The van der Waals surface area contributed by atoms with E-state index < -0.39 is 0 Å². The van der Waals surface area contributed by atoms with Gasteiger partial charge >= 0.3 is 5.97 Å². The Morgan fingerprint density at radius 1 is 0.969 bits per heavy atom. The maximum Gasteiger partial charge on any atom is 0.337 e. The van der Waals surface area contributed by atoms with Gasteiger partial charge in [-0.2, -0.15) is 0 Å². The van der Waals surface area contributed by atoms with Gasteiger partial charge in [0.1, 0.15) is 17.3 Å². The highest BCUT2D eigenvalue weighted by molar-refractivity contribution is 5.97. The van der Waals surface area contributed by atoms with E-state index in [1.54, 1.807) is 0 Å². The number of pyridine rings is 1. The first-order valence-corrected chi connectivity index (χ1v) is 10.7. The largest absolute Gasteiger partial charge is 0.465 e. The van der Waals surface area contributed by atoms with Crippen molar-refractivity contribution >= 4 is 22.6 Å². The highest BCUT2D eigenvalue weighted by Crippen LogP contribution is 2.49. The molecule has 5 nitrogen and oxygen atoms in total. The molecule has 160 valence electrons. The molecule has 1 aliphatic carbocycles. The lowest BCUT2D eigenvalue weighted by molar-refractivity contribution is 0.0600. The number of aromatic nitrogens is 1. The van der Waals surface area contributed by atoms with Crippen molar-refractivity contribution in [1.82, 2.24) is 4.98 Å².